The van der Waals surface area contributed by atoms with E-state index in [1.807, 2.05) is 18.2 Å². The third-order valence-corrected chi connectivity index (χ3v) is 7.33. The lowest BCUT2D eigenvalue weighted by atomic mass is 10.1. The third-order valence-electron chi connectivity index (χ3n) is 5.19. The van der Waals surface area contributed by atoms with Crippen LogP contribution in [0.15, 0.2) is 87.5 Å². The first-order chi connectivity index (χ1) is 15.4. The Bertz CT molecular complexity index is 1460. The zero-order chi connectivity index (χ0) is 22.9. The van der Waals surface area contributed by atoms with Crippen LogP contribution in [0.3, 0.4) is 0 Å². The molecule has 6 nitrogen and oxygen atoms in total. The van der Waals surface area contributed by atoms with Gasteiger partial charge in [-0.15, -0.1) is 0 Å². The maximum absolute atomic E-state index is 13.4. The zero-order valence-electron chi connectivity index (χ0n) is 17.4. The third kappa shape index (κ3) is 3.85. The fourth-order valence-corrected chi connectivity index (χ4v) is 5.13. The van der Waals surface area contributed by atoms with Crippen LogP contribution in [-0.4, -0.2) is 27.2 Å². The van der Waals surface area contributed by atoms with Crippen LogP contribution < -0.4 is 14.9 Å². The Labute approximate surface area is 190 Å². The predicted molar refractivity (Wildman–Crippen MR) is 124 cm³/mol. The molecule has 164 valence electrons. The summed E-state index contributed by atoms with van der Waals surface area (Å²) in [6.45, 7) is 0.253. The SMILES string of the molecule is COc1cc2c(=O)c(S(=O)(=O)c3ccccc3)cn(Cc3ccccc3Cl)c2cc1OC. The largest absolute Gasteiger partial charge is 0.493 e. The lowest BCUT2D eigenvalue weighted by Gasteiger charge is -2.17. The van der Waals surface area contributed by atoms with Crippen LogP contribution in [0.5, 0.6) is 11.5 Å². The van der Waals surface area contributed by atoms with Crippen molar-refractivity contribution < 1.29 is 17.9 Å². The van der Waals surface area contributed by atoms with Crippen molar-refractivity contribution in [3.05, 3.63) is 93.7 Å². The van der Waals surface area contributed by atoms with E-state index in [1.165, 1.54) is 38.6 Å². The van der Waals surface area contributed by atoms with E-state index in [0.717, 1.165) is 5.56 Å². The Balaban J connectivity index is 2.05. The monoisotopic (exact) mass is 469 g/mol. The van der Waals surface area contributed by atoms with Crippen molar-refractivity contribution in [1.82, 2.24) is 4.57 Å². The second kappa shape index (κ2) is 8.68. The van der Waals surface area contributed by atoms with Gasteiger partial charge in [0.25, 0.3) is 0 Å². The molecule has 1 heterocycles. The van der Waals surface area contributed by atoms with Crippen molar-refractivity contribution in [3.8, 4) is 11.5 Å². The first-order valence-corrected chi connectivity index (χ1v) is 11.6. The fraction of sp³-hybridized carbons (Fsp3) is 0.125. The Morgan fingerprint density at radius 3 is 2.19 bits per heavy atom. The average Bonchev–Trinajstić information content (AvgIpc) is 2.81. The minimum absolute atomic E-state index is 0.0428. The van der Waals surface area contributed by atoms with E-state index in [0.29, 0.717) is 22.0 Å². The van der Waals surface area contributed by atoms with Crippen molar-refractivity contribution in [2.45, 2.75) is 16.3 Å². The number of benzene rings is 3. The van der Waals surface area contributed by atoms with Crippen LogP contribution in [-0.2, 0) is 16.4 Å². The van der Waals surface area contributed by atoms with Gasteiger partial charge in [0.05, 0.1) is 30.0 Å². The van der Waals surface area contributed by atoms with Crippen LogP contribution in [0.2, 0.25) is 5.02 Å². The molecule has 0 atom stereocenters. The van der Waals surface area contributed by atoms with Gasteiger partial charge in [-0.3, -0.25) is 4.79 Å². The van der Waals surface area contributed by atoms with E-state index >= 15 is 0 Å². The van der Waals surface area contributed by atoms with Gasteiger partial charge in [-0.05, 0) is 29.8 Å². The van der Waals surface area contributed by atoms with Crippen molar-refractivity contribution in [2.24, 2.45) is 0 Å². The van der Waals surface area contributed by atoms with Crippen molar-refractivity contribution >= 4 is 32.3 Å². The van der Waals surface area contributed by atoms with Gasteiger partial charge in [-0.25, -0.2) is 8.42 Å². The van der Waals surface area contributed by atoms with E-state index in [4.69, 9.17) is 21.1 Å². The lowest BCUT2D eigenvalue weighted by molar-refractivity contribution is 0.355. The number of halogens is 1. The summed E-state index contributed by atoms with van der Waals surface area (Å²) >= 11 is 6.35. The minimum atomic E-state index is -4.06. The maximum Gasteiger partial charge on any atom is 0.211 e. The second-order valence-electron chi connectivity index (χ2n) is 7.08. The molecule has 0 aliphatic carbocycles. The molecule has 0 spiro atoms. The quantitative estimate of drug-likeness (QED) is 0.414. The molecular weight excluding hydrogens is 450 g/mol. The maximum atomic E-state index is 13.4. The molecule has 8 heteroatoms. The predicted octanol–water partition coefficient (Wildman–Crippen LogP) is 4.55. The summed E-state index contributed by atoms with van der Waals surface area (Å²) in [5.74, 6) is 0.752. The summed E-state index contributed by atoms with van der Waals surface area (Å²) < 4.78 is 39.1. The first-order valence-electron chi connectivity index (χ1n) is 9.69. The number of sulfone groups is 1. The second-order valence-corrected chi connectivity index (χ2v) is 9.41. The van der Waals surface area contributed by atoms with Crippen LogP contribution in [0, 0.1) is 0 Å². The molecule has 4 aromatic rings. The van der Waals surface area contributed by atoms with Gasteiger partial charge < -0.3 is 14.0 Å². The standard InChI is InChI=1S/C24H20ClNO5S/c1-30-21-12-18-20(13-22(21)31-2)26(14-16-8-6-7-11-19(16)25)15-23(24(18)27)32(28,29)17-9-4-3-5-10-17/h3-13,15H,14H2,1-2H3. The Hall–Kier alpha value is -3.29. The molecule has 0 amide bonds. The number of rotatable bonds is 6. The number of fused-ring (bicyclic) bond motifs is 1. The van der Waals surface area contributed by atoms with Crippen LogP contribution in [0.4, 0.5) is 0 Å². The fourth-order valence-electron chi connectivity index (χ4n) is 3.55. The molecule has 0 N–H and O–H groups in total. The highest BCUT2D eigenvalue weighted by atomic mass is 35.5. The highest BCUT2D eigenvalue weighted by molar-refractivity contribution is 7.91. The number of pyridine rings is 1. The Morgan fingerprint density at radius 1 is 0.906 bits per heavy atom. The molecule has 3 aromatic carbocycles. The van der Waals surface area contributed by atoms with Gasteiger partial charge in [0.15, 0.2) is 11.5 Å². The van der Waals surface area contributed by atoms with Gasteiger partial charge in [-0.1, -0.05) is 48.0 Å². The van der Waals surface area contributed by atoms with E-state index in [2.05, 4.69) is 0 Å². The normalized spacial score (nSPS) is 11.5. The van der Waals surface area contributed by atoms with Crippen molar-refractivity contribution in [1.29, 1.82) is 0 Å². The molecule has 32 heavy (non-hydrogen) atoms. The number of ether oxygens (including phenoxy) is 2. The Morgan fingerprint density at radius 2 is 1.53 bits per heavy atom. The van der Waals surface area contributed by atoms with E-state index < -0.39 is 15.3 Å². The molecule has 1 aromatic heterocycles. The van der Waals surface area contributed by atoms with E-state index in [1.54, 1.807) is 34.9 Å². The number of aromatic nitrogens is 1. The molecule has 0 fully saturated rings. The summed E-state index contributed by atoms with van der Waals surface area (Å²) in [5.41, 5.74) is 0.664. The van der Waals surface area contributed by atoms with Gasteiger partial charge in [0.1, 0.15) is 4.90 Å². The molecule has 0 unspecified atom stereocenters. The van der Waals surface area contributed by atoms with Gasteiger partial charge >= 0.3 is 0 Å². The number of nitrogens with zero attached hydrogens (tertiary/aromatic N) is 1. The summed E-state index contributed by atoms with van der Waals surface area (Å²) in [7, 11) is -1.11. The molecule has 0 radical (unpaired) electrons. The molecule has 0 bridgehead atoms. The van der Waals surface area contributed by atoms with E-state index in [9.17, 15) is 13.2 Å². The molecule has 0 aliphatic rings. The Kier molecular flexibility index (Phi) is 5.95. The van der Waals surface area contributed by atoms with Gasteiger partial charge in [0.2, 0.25) is 15.3 Å². The van der Waals surface area contributed by atoms with Crippen LogP contribution in [0.1, 0.15) is 5.56 Å². The molecule has 0 saturated carbocycles. The smallest absolute Gasteiger partial charge is 0.211 e. The zero-order valence-corrected chi connectivity index (χ0v) is 19.0. The topological polar surface area (TPSA) is 74.6 Å². The molecular formula is C24H20ClNO5S. The van der Waals surface area contributed by atoms with Crippen LogP contribution in [0.25, 0.3) is 10.9 Å². The number of methoxy groups -OCH3 is 2. The summed E-state index contributed by atoms with van der Waals surface area (Å²) in [4.78, 5) is 13.1. The van der Waals surface area contributed by atoms with E-state index in [-0.39, 0.29) is 21.7 Å². The lowest BCUT2D eigenvalue weighted by Crippen LogP contribution is -2.20. The highest BCUT2D eigenvalue weighted by Gasteiger charge is 2.25. The summed E-state index contributed by atoms with van der Waals surface area (Å²) in [6.07, 6.45) is 1.36. The van der Waals surface area contributed by atoms with Gasteiger partial charge in [-0.2, -0.15) is 0 Å². The van der Waals surface area contributed by atoms with Crippen LogP contribution >= 0.6 is 11.6 Å². The molecule has 0 aliphatic heterocycles. The molecule has 0 saturated heterocycles. The number of hydrogen-bond donors (Lipinski definition) is 0. The van der Waals surface area contributed by atoms with Gasteiger partial charge in [0, 0.05) is 23.8 Å². The minimum Gasteiger partial charge on any atom is -0.493 e. The molecule has 4 rings (SSSR count). The number of hydrogen-bond acceptors (Lipinski definition) is 5. The average molecular weight is 470 g/mol. The first kappa shape index (κ1) is 21.9. The summed E-state index contributed by atoms with van der Waals surface area (Å²) in [5, 5.41) is 0.735. The highest BCUT2D eigenvalue weighted by Crippen LogP contribution is 2.32. The summed E-state index contributed by atoms with van der Waals surface area (Å²) in [6, 6.07) is 18.3. The van der Waals surface area contributed by atoms with Crippen molar-refractivity contribution in [3.63, 3.8) is 0 Å². The van der Waals surface area contributed by atoms with Crippen molar-refractivity contribution in [2.75, 3.05) is 14.2 Å².